The summed E-state index contributed by atoms with van der Waals surface area (Å²) in [6.45, 7) is 4.14. The van der Waals surface area contributed by atoms with Crippen molar-refractivity contribution in [2.75, 3.05) is 12.0 Å². The van der Waals surface area contributed by atoms with Gasteiger partial charge in [0.2, 0.25) is 0 Å². The van der Waals surface area contributed by atoms with Gasteiger partial charge in [0.15, 0.2) is 0 Å². The molecule has 6 heteroatoms. The summed E-state index contributed by atoms with van der Waals surface area (Å²) in [6, 6.07) is 7.71. The normalized spacial score (nSPS) is 14.1. The van der Waals surface area contributed by atoms with Gasteiger partial charge in [0.1, 0.15) is 15.7 Å². The SMILES string of the molecule is CC(C)n1c(C(N)CCS(C)(=O)=O)nc2ccccc21. The molecule has 0 radical (unpaired) electrons. The molecule has 1 heterocycles. The maximum absolute atomic E-state index is 11.3. The molecule has 5 nitrogen and oxygen atoms in total. The Balaban J connectivity index is 2.40. The fourth-order valence-electron chi connectivity index (χ4n) is 2.34. The minimum Gasteiger partial charge on any atom is -0.324 e. The Morgan fingerprint density at radius 2 is 1.95 bits per heavy atom. The van der Waals surface area contributed by atoms with Crippen molar-refractivity contribution in [3.63, 3.8) is 0 Å². The maximum Gasteiger partial charge on any atom is 0.147 e. The van der Waals surface area contributed by atoms with Crippen molar-refractivity contribution in [3.05, 3.63) is 30.1 Å². The third kappa shape index (κ3) is 3.19. The third-order valence-corrected chi connectivity index (χ3v) is 4.25. The van der Waals surface area contributed by atoms with Crippen molar-refractivity contribution in [2.24, 2.45) is 5.73 Å². The summed E-state index contributed by atoms with van der Waals surface area (Å²) < 4.78 is 24.6. The van der Waals surface area contributed by atoms with Crippen molar-refractivity contribution >= 4 is 20.9 Å². The van der Waals surface area contributed by atoms with Gasteiger partial charge in [0.25, 0.3) is 0 Å². The van der Waals surface area contributed by atoms with Gasteiger partial charge >= 0.3 is 0 Å². The second kappa shape index (κ2) is 5.54. The number of benzene rings is 1. The average molecular weight is 295 g/mol. The molecule has 0 aliphatic rings. The molecular weight excluding hydrogens is 274 g/mol. The first-order chi connectivity index (χ1) is 9.29. The lowest BCUT2D eigenvalue weighted by molar-refractivity contribution is 0.531. The minimum absolute atomic E-state index is 0.0788. The molecule has 0 saturated carbocycles. The van der Waals surface area contributed by atoms with Crippen molar-refractivity contribution in [3.8, 4) is 0 Å². The third-order valence-electron chi connectivity index (χ3n) is 3.27. The van der Waals surface area contributed by atoms with Crippen LogP contribution in [-0.4, -0.2) is 30.0 Å². The van der Waals surface area contributed by atoms with E-state index in [0.717, 1.165) is 16.9 Å². The summed E-state index contributed by atoms with van der Waals surface area (Å²) in [5.41, 5.74) is 8.09. The van der Waals surface area contributed by atoms with Crippen LogP contribution in [0.5, 0.6) is 0 Å². The zero-order chi connectivity index (χ0) is 14.9. The van der Waals surface area contributed by atoms with Gasteiger partial charge in [-0.25, -0.2) is 13.4 Å². The molecule has 2 aromatic rings. The van der Waals surface area contributed by atoms with Gasteiger partial charge < -0.3 is 10.3 Å². The number of rotatable bonds is 5. The Kier molecular flexibility index (Phi) is 4.15. The second-order valence-corrected chi connectivity index (χ2v) is 7.71. The van der Waals surface area contributed by atoms with Crippen molar-refractivity contribution in [2.45, 2.75) is 32.4 Å². The number of imidazole rings is 1. The molecule has 2 rings (SSSR count). The van der Waals surface area contributed by atoms with Gasteiger partial charge in [0, 0.05) is 12.3 Å². The topological polar surface area (TPSA) is 78.0 Å². The number of nitrogens with zero attached hydrogens (tertiary/aromatic N) is 2. The number of hydrogen-bond donors (Lipinski definition) is 1. The van der Waals surface area contributed by atoms with E-state index in [4.69, 9.17) is 5.73 Å². The van der Waals surface area contributed by atoms with E-state index in [9.17, 15) is 8.42 Å². The fourth-order valence-corrected chi connectivity index (χ4v) is 3.02. The summed E-state index contributed by atoms with van der Waals surface area (Å²) in [7, 11) is -3.01. The first-order valence-electron chi connectivity index (χ1n) is 6.70. The predicted octanol–water partition coefficient (Wildman–Crippen LogP) is 2.05. The molecule has 0 fully saturated rings. The van der Waals surface area contributed by atoms with Crippen LogP contribution in [-0.2, 0) is 9.84 Å². The number of nitrogens with two attached hydrogens (primary N) is 1. The van der Waals surface area contributed by atoms with E-state index < -0.39 is 9.84 Å². The number of sulfone groups is 1. The van der Waals surface area contributed by atoms with Gasteiger partial charge in [-0.15, -0.1) is 0 Å². The molecule has 0 aliphatic heterocycles. The van der Waals surface area contributed by atoms with Gasteiger partial charge in [0.05, 0.1) is 22.8 Å². The molecular formula is C14H21N3O2S. The molecule has 1 aromatic heterocycles. The number of para-hydroxylation sites is 2. The first kappa shape index (κ1) is 15.0. The Morgan fingerprint density at radius 1 is 1.30 bits per heavy atom. The minimum atomic E-state index is -3.01. The molecule has 0 amide bonds. The molecule has 1 aromatic carbocycles. The van der Waals surface area contributed by atoms with Crippen molar-refractivity contribution < 1.29 is 8.42 Å². The van der Waals surface area contributed by atoms with Gasteiger partial charge in [-0.1, -0.05) is 12.1 Å². The Labute approximate surface area is 119 Å². The molecule has 1 unspecified atom stereocenters. The predicted molar refractivity (Wildman–Crippen MR) is 81.4 cm³/mol. The molecule has 110 valence electrons. The zero-order valence-corrected chi connectivity index (χ0v) is 12.9. The Bertz CT molecular complexity index is 704. The fraction of sp³-hybridized carbons (Fsp3) is 0.500. The molecule has 0 bridgehead atoms. The highest BCUT2D eigenvalue weighted by Gasteiger charge is 2.19. The number of hydrogen-bond acceptors (Lipinski definition) is 4. The molecule has 2 N–H and O–H groups in total. The second-order valence-electron chi connectivity index (χ2n) is 5.45. The van der Waals surface area contributed by atoms with Crippen LogP contribution in [0.3, 0.4) is 0 Å². The van der Waals surface area contributed by atoms with Crippen molar-refractivity contribution in [1.82, 2.24) is 9.55 Å². The monoisotopic (exact) mass is 295 g/mol. The van der Waals surface area contributed by atoms with Crippen LogP contribution < -0.4 is 5.73 Å². The summed E-state index contributed by atoms with van der Waals surface area (Å²) in [6.07, 6.45) is 1.61. The lowest BCUT2D eigenvalue weighted by Crippen LogP contribution is -2.20. The van der Waals surface area contributed by atoms with E-state index in [1.165, 1.54) is 6.26 Å². The van der Waals surface area contributed by atoms with Crippen LogP contribution in [0.4, 0.5) is 0 Å². The Hall–Kier alpha value is -1.40. The summed E-state index contributed by atoms with van der Waals surface area (Å²) >= 11 is 0. The van der Waals surface area contributed by atoms with E-state index in [2.05, 4.69) is 23.4 Å². The van der Waals surface area contributed by atoms with Gasteiger partial charge in [-0.3, -0.25) is 0 Å². The highest BCUT2D eigenvalue weighted by molar-refractivity contribution is 7.90. The summed E-state index contributed by atoms with van der Waals surface area (Å²) in [5.74, 6) is 0.833. The summed E-state index contributed by atoms with van der Waals surface area (Å²) in [4.78, 5) is 4.58. The van der Waals surface area contributed by atoms with E-state index in [-0.39, 0.29) is 17.8 Å². The van der Waals surface area contributed by atoms with Gasteiger partial charge in [-0.05, 0) is 32.4 Å². The molecule has 0 saturated heterocycles. The number of fused-ring (bicyclic) bond motifs is 1. The van der Waals surface area contributed by atoms with Crippen molar-refractivity contribution in [1.29, 1.82) is 0 Å². The number of aromatic nitrogens is 2. The standard InChI is InChI=1S/C14H21N3O2S/c1-10(2)17-13-7-5-4-6-12(13)16-14(17)11(15)8-9-20(3,18)19/h4-7,10-11H,8-9,15H2,1-3H3. The quantitative estimate of drug-likeness (QED) is 0.915. The van der Waals surface area contributed by atoms with Gasteiger partial charge in [-0.2, -0.15) is 0 Å². The largest absolute Gasteiger partial charge is 0.324 e. The zero-order valence-electron chi connectivity index (χ0n) is 12.1. The molecule has 0 spiro atoms. The Morgan fingerprint density at radius 3 is 2.55 bits per heavy atom. The van der Waals surface area contributed by atoms with Crippen LogP contribution in [0.25, 0.3) is 11.0 Å². The average Bonchev–Trinajstić information content (AvgIpc) is 2.74. The van der Waals surface area contributed by atoms with Crippen LogP contribution >= 0.6 is 0 Å². The van der Waals surface area contributed by atoms with E-state index >= 15 is 0 Å². The molecule has 0 aliphatic carbocycles. The van der Waals surface area contributed by atoms with Crippen LogP contribution in [0.2, 0.25) is 0 Å². The lowest BCUT2D eigenvalue weighted by atomic mass is 10.2. The van der Waals surface area contributed by atoms with Crippen LogP contribution in [0, 0.1) is 0 Å². The van der Waals surface area contributed by atoms with Crippen LogP contribution in [0.15, 0.2) is 24.3 Å². The molecule has 1 atom stereocenters. The van der Waals surface area contributed by atoms with E-state index in [0.29, 0.717) is 6.42 Å². The van der Waals surface area contributed by atoms with E-state index in [1.807, 2.05) is 24.3 Å². The highest BCUT2D eigenvalue weighted by atomic mass is 32.2. The molecule has 20 heavy (non-hydrogen) atoms. The summed E-state index contributed by atoms with van der Waals surface area (Å²) in [5, 5.41) is 0. The first-order valence-corrected chi connectivity index (χ1v) is 8.76. The smallest absolute Gasteiger partial charge is 0.147 e. The lowest BCUT2D eigenvalue weighted by Gasteiger charge is -2.17. The maximum atomic E-state index is 11.3. The van der Waals surface area contributed by atoms with E-state index in [1.54, 1.807) is 0 Å². The highest BCUT2D eigenvalue weighted by Crippen LogP contribution is 2.25. The van der Waals surface area contributed by atoms with Crippen LogP contribution in [0.1, 0.15) is 38.2 Å².